The quantitative estimate of drug-likeness (QED) is 0.605. The summed E-state index contributed by atoms with van der Waals surface area (Å²) in [5.74, 6) is -0.956. The summed E-state index contributed by atoms with van der Waals surface area (Å²) >= 11 is 0. The summed E-state index contributed by atoms with van der Waals surface area (Å²) in [7, 11) is 1.47. The SMILES string of the molecule is COc1ccccc1NC(=O)[C@H](C)OC(=O)Cn1[nH]c(=O)c2ccccc2c1=O. The summed E-state index contributed by atoms with van der Waals surface area (Å²) in [5, 5.41) is 5.36. The Bertz CT molecular complexity index is 1180. The molecule has 1 heterocycles. The molecule has 0 unspecified atom stereocenters. The molecule has 2 aromatic carbocycles. The van der Waals surface area contributed by atoms with E-state index < -0.39 is 35.6 Å². The number of fused-ring (bicyclic) bond motifs is 1. The lowest BCUT2D eigenvalue weighted by Crippen LogP contribution is -2.36. The number of anilines is 1. The lowest BCUT2D eigenvalue weighted by molar-refractivity contribution is -0.154. The van der Waals surface area contributed by atoms with Crippen molar-refractivity contribution in [3.8, 4) is 5.75 Å². The molecule has 0 aliphatic heterocycles. The second kappa shape index (κ2) is 8.42. The average molecular weight is 397 g/mol. The van der Waals surface area contributed by atoms with Crippen LogP contribution in [-0.2, 0) is 20.9 Å². The van der Waals surface area contributed by atoms with Gasteiger partial charge < -0.3 is 14.8 Å². The van der Waals surface area contributed by atoms with Crippen LogP contribution in [0, 0.1) is 0 Å². The number of para-hydroxylation sites is 2. The van der Waals surface area contributed by atoms with Crippen LogP contribution in [0.2, 0.25) is 0 Å². The summed E-state index contributed by atoms with van der Waals surface area (Å²) < 4.78 is 11.1. The topological polar surface area (TPSA) is 119 Å². The summed E-state index contributed by atoms with van der Waals surface area (Å²) in [6, 6.07) is 13.1. The molecule has 29 heavy (non-hydrogen) atoms. The van der Waals surface area contributed by atoms with Crippen molar-refractivity contribution in [2.75, 3.05) is 12.4 Å². The number of esters is 1. The third kappa shape index (κ3) is 4.34. The van der Waals surface area contributed by atoms with Crippen LogP contribution in [0.4, 0.5) is 5.69 Å². The van der Waals surface area contributed by atoms with Crippen molar-refractivity contribution in [1.29, 1.82) is 0 Å². The van der Waals surface area contributed by atoms with Crippen molar-refractivity contribution >= 4 is 28.3 Å². The van der Waals surface area contributed by atoms with E-state index in [0.717, 1.165) is 4.68 Å². The lowest BCUT2D eigenvalue weighted by atomic mass is 10.2. The highest BCUT2D eigenvalue weighted by Crippen LogP contribution is 2.23. The average Bonchev–Trinajstić information content (AvgIpc) is 2.72. The molecule has 0 radical (unpaired) electrons. The number of methoxy groups -OCH3 is 1. The zero-order chi connectivity index (χ0) is 21.0. The molecule has 0 bridgehead atoms. The molecule has 0 fully saturated rings. The van der Waals surface area contributed by atoms with Gasteiger partial charge in [-0.1, -0.05) is 24.3 Å². The van der Waals surface area contributed by atoms with E-state index in [4.69, 9.17) is 9.47 Å². The number of hydrogen-bond acceptors (Lipinski definition) is 6. The Morgan fingerprint density at radius 1 is 1.07 bits per heavy atom. The van der Waals surface area contributed by atoms with Gasteiger partial charge in [-0.25, -0.2) is 4.68 Å². The molecule has 150 valence electrons. The number of aromatic nitrogens is 2. The van der Waals surface area contributed by atoms with Gasteiger partial charge in [0.05, 0.1) is 23.6 Å². The number of nitrogens with zero attached hydrogens (tertiary/aromatic N) is 1. The number of aromatic amines is 1. The Balaban J connectivity index is 1.70. The van der Waals surface area contributed by atoms with Crippen LogP contribution >= 0.6 is 0 Å². The first-order valence-electron chi connectivity index (χ1n) is 8.76. The molecule has 0 spiro atoms. The normalized spacial score (nSPS) is 11.7. The van der Waals surface area contributed by atoms with Gasteiger partial charge in [-0.2, -0.15) is 0 Å². The van der Waals surface area contributed by atoms with Gasteiger partial charge >= 0.3 is 5.97 Å². The van der Waals surface area contributed by atoms with E-state index in [1.165, 1.54) is 26.2 Å². The van der Waals surface area contributed by atoms with Crippen molar-refractivity contribution in [3.63, 3.8) is 0 Å². The van der Waals surface area contributed by atoms with E-state index in [1.54, 1.807) is 36.4 Å². The van der Waals surface area contributed by atoms with Crippen LogP contribution in [0.1, 0.15) is 6.92 Å². The molecular formula is C20H19N3O6. The standard InChI is InChI=1S/C20H19N3O6/c1-12(18(25)21-15-9-5-6-10-16(15)28-2)29-17(24)11-23-20(27)14-8-4-3-7-13(14)19(26)22-23/h3-10,12H,11H2,1-2H3,(H,21,25)(H,22,26)/t12-/m0/s1. The fourth-order valence-electron chi connectivity index (χ4n) is 2.76. The number of amides is 1. The van der Waals surface area contributed by atoms with Crippen LogP contribution in [0.15, 0.2) is 58.1 Å². The minimum absolute atomic E-state index is 0.186. The molecular weight excluding hydrogens is 378 g/mol. The smallest absolute Gasteiger partial charge is 0.328 e. The van der Waals surface area contributed by atoms with Crippen LogP contribution < -0.4 is 21.2 Å². The second-order valence-electron chi connectivity index (χ2n) is 6.20. The van der Waals surface area contributed by atoms with Gasteiger partial charge in [0.1, 0.15) is 12.3 Å². The number of hydrogen-bond donors (Lipinski definition) is 2. The highest BCUT2D eigenvalue weighted by molar-refractivity contribution is 5.96. The van der Waals surface area contributed by atoms with Crippen LogP contribution in [0.3, 0.4) is 0 Å². The molecule has 1 atom stereocenters. The van der Waals surface area contributed by atoms with Crippen LogP contribution in [-0.4, -0.2) is 34.9 Å². The first-order chi connectivity index (χ1) is 13.9. The van der Waals surface area contributed by atoms with Crippen molar-refractivity contribution < 1.29 is 19.1 Å². The summed E-state index contributed by atoms with van der Waals surface area (Å²) in [6.45, 7) is 0.861. The highest BCUT2D eigenvalue weighted by Gasteiger charge is 2.20. The predicted octanol–water partition coefficient (Wildman–Crippen LogP) is 1.27. The van der Waals surface area contributed by atoms with E-state index >= 15 is 0 Å². The zero-order valence-corrected chi connectivity index (χ0v) is 15.8. The second-order valence-corrected chi connectivity index (χ2v) is 6.20. The molecule has 1 aromatic heterocycles. The fraction of sp³-hybridized carbons (Fsp3) is 0.200. The Kier molecular flexibility index (Phi) is 5.77. The Morgan fingerprint density at radius 3 is 2.45 bits per heavy atom. The Labute approximate surface area is 164 Å². The monoisotopic (exact) mass is 397 g/mol. The van der Waals surface area contributed by atoms with Crippen molar-refractivity contribution in [2.24, 2.45) is 0 Å². The third-order valence-electron chi connectivity index (χ3n) is 4.21. The number of carbonyl (C=O) groups excluding carboxylic acids is 2. The van der Waals surface area contributed by atoms with Gasteiger partial charge in [0, 0.05) is 0 Å². The maximum Gasteiger partial charge on any atom is 0.328 e. The predicted molar refractivity (Wildman–Crippen MR) is 106 cm³/mol. The van der Waals surface area contributed by atoms with E-state index in [2.05, 4.69) is 10.4 Å². The van der Waals surface area contributed by atoms with Crippen LogP contribution in [0.5, 0.6) is 5.75 Å². The largest absolute Gasteiger partial charge is 0.495 e. The fourth-order valence-corrected chi connectivity index (χ4v) is 2.76. The number of nitrogens with one attached hydrogen (secondary N) is 2. The number of benzene rings is 2. The minimum atomic E-state index is -1.13. The molecule has 0 aliphatic rings. The van der Waals surface area contributed by atoms with Gasteiger partial charge in [-0.05, 0) is 31.2 Å². The lowest BCUT2D eigenvalue weighted by Gasteiger charge is -2.15. The first kappa shape index (κ1) is 19.9. The third-order valence-corrected chi connectivity index (χ3v) is 4.21. The maximum absolute atomic E-state index is 12.4. The Hall–Kier alpha value is -3.88. The molecule has 0 saturated carbocycles. The molecule has 3 aromatic rings. The van der Waals surface area contributed by atoms with Gasteiger partial charge in [-0.15, -0.1) is 0 Å². The maximum atomic E-state index is 12.4. The van der Waals surface area contributed by atoms with Gasteiger partial charge in [0.2, 0.25) is 0 Å². The number of ether oxygens (including phenoxy) is 2. The number of carbonyl (C=O) groups is 2. The highest BCUT2D eigenvalue weighted by atomic mass is 16.5. The van der Waals surface area contributed by atoms with Gasteiger partial charge in [-0.3, -0.25) is 24.3 Å². The molecule has 0 saturated heterocycles. The molecule has 9 nitrogen and oxygen atoms in total. The molecule has 1 amide bonds. The minimum Gasteiger partial charge on any atom is -0.495 e. The summed E-state index contributed by atoms with van der Waals surface area (Å²) in [6.07, 6.45) is -1.13. The summed E-state index contributed by atoms with van der Waals surface area (Å²) in [4.78, 5) is 49.0. The van der Waals surface area contributed by atoms with Crippen molar-refractivity contribution in [2.45, 2.75) is 19.6 Å². The van der Waals surface area contributed by atoms with Gasteiger partial charge in [0.15, 0.2) is 6.10 Å². The van der Waals surface area contributed by atoms with Crippen LogP contribution in [0.25, 0.3) is 10.8 Å². The van der Waals surface area contributed by atoms with E-state index in [9.17, 15) is 19.2 Å². The summed E-state index contributed by atoms with van der Waals surface area (Å²) in [5.41, 5.74) is -0.615. The number of rotatable bonds is 6. The van der Waals surface area contributed by atoms with E-state index in [0.29, 0.717) is 11.4 Å². The van der Waals surface area contributed by atoms with Crippen molar-refractivity contribution in [3.05, 3.63) is 69.2 Å². The van der Waals surface area contributed by atoms with Gasteiger partial charge in [0.25, 0.3) is 17.0 Å². The first-order valence-corrected chi connectivity index (χ1v) is 8.76. The van der Waals surface area contributed by atoms with E-state index in [1.807, 2.05) is 0 Å². The Morgan fingerprint density at radius 2 is 1.72 bits per heavy atom. The molecule has 0 aliphatic carbocycles. The van der Waals surface area contributed by atoms with Crippen molar-refractivity contribution in [1.82, 2.24) is 9.78 Å². The zero-order valence-electron chi connectivity index (χ0n) is 15.8. The van der Waals surface area contributed by atoms with E-state index in [-0.39, 0.29) is 10.8 Å². The molecule has 2 N–H and O–H groups in total. The molecule has 9 heteroatoms. The molecule has 3 rings (SSSR count). The number of H-pyrrole nitrogens is 1.